The molecular weight excluding hydrogens is 256 g/mol. The van der Waals surface area contributed by atoms with Crippen molar-refractivity contribution in [1.29, 1.82) is 0 Å². The third kappa shape index (κ3) is 2.31. The first-order chi connectivity index (χ1) is 8.49. The Morgan fingerprint density at radius 1 is 1.39 bits per heavy atom. The van der Waals surface area contributed by atoms with Crippen molar-refractivity contribution in [2.24, 2.45) is 7.05 Å². The number of H-pyrrole nitrogens is 1. The van der Waals surface area contributed by atoms with E-state index in [0.29, 0.717) is 17.1 Å². The molecule has 0 saturated heterocycles. The van der Waals surface area contributed by atoms with Crippen molar-refractivity contribution in [3.05, 3.63) is 56.7 Å². The molecule has 2 N–H and O–H groups in total. The molecule has 0 aliphatic heterocycles. The topological polar surface area (TPSA) is 75.1 Å². The average Bonchev–Trinajstić information content (AvgIpc) is 2.60. The van der Waals surface area contributed by atoms with Gasteiger partial charge in [-0.05, 0) is 17.7 Å². The smallest absolute Gasteiger partial charge is 0.354 e. The maximum absolute atomic E-state index is 11.4. The molecule has 0 unspecified atom stereocenters. The molecule has 5 nitrogen and oxygen atoms in total. The molecule has 0 aliphatic carbocycles. The summed E-state index contributed by atoms with van der Waals surface area (Å²) >= 11 is 5.78. The number of nitrogens with zero attached hydrogens (tertiary/aromatic N) is 1. The van der Waals surface area contributed by atoms with E-state index in [4.69, 9.17) is 16.7 Å². The number of aromatic carboxylic acids is 1. The summed E-state index contributed by atoms with van der Waals surface area (Å²) in [7, 11) is 1.54. The minimum Gasteiger partial charge on any atom is -0.477 e. The molecule has 0 spiro atoms. The van der Waals surface area contributed by atoms with Crippen LogP contribution in [-0.4, -0.2) is 20.6 Å². The Hall–Kier alpha value is -2.01. The Morgan fingerprint density at radius 2 is 2.00 bits per heavy atom. The first kappa shape index (κ1) is 12.4. The van der Waals surface area contributed by atoms with Gasteiger partial charge in [0.2, 0.25) is 0 Å². The molecule has 0 radical (unpaired) electrons. The summed E-state index contributed by atoms with van der Waals surface area (Å²) in [6.07, 6.45) is 0.355. The van der Waals surface area contributed by atoms with Gasteiger partial charge in [0.25, 0.3) is 0 Å². The minimum absolute atomic E-state index is 0.0718. The van der Waals surface area contributed by atoms with Crippen LogP contribution in [0.5, 0.6) is 0 Å². The zero-order valence-corrected chi connectivity index (χ0v) is 10.4. The van der Waals surface area contributed by atoms with Crippen LogP contribution in [0.2, 0.25) is 5.02 Å². The van der Waals surface area contributed by atoms with Gasteiger partial charge in [-0.3, -0.25) is 9.55 Å². The number of hydrogen-bond acceptors (Lipinski definition) is 2. The molecule has 1 aromatic carbocycles. The monoisotopic (exact) mass is 266 g/mol. The lowest BCUT2D eigenvalue weighted by Gasteiger charge is -2.04. The van der Waals surface area contributed by atoms with E-state index in [9.17, 15) is 9.59 Å². The molecule has 94 valence electrons. The van der Waals surface area contributed by atoms with Crippen LogP contribution in [0.15, 0.2) is 29.1 Å². The zero-order chi connectivity index (χ0) is 13.3. The number of aromatic amines is 1. The van der Waals surface area contributed by atoms with Gasteiger partial charge in [-0.25, -0.2) is 9.59 Å². The normalized spacial score (nSPS) is 10.6. The molecule has 0 aliphatic rings. The van der Waals surface area contributed by atoms with Crippen molar-refractivity contribution in [1.82, 2.24) is 9.55 Å². The van der Waals surface area contributed by atoms with Gasteiger partial charge in [-0.15, -0.1) is 0 Å². The molecule has 2 aromatic rings. The van der Waals surface area contributed by atoms with Gasteiger partial charge in [0.05, 0.1) is 5.69 Å². The second-order valence-corrected chi connectivity index (χ2v) is 4.36. The Morgan fingerprint density at radius 3 is 2.56 bits per heavy atom. The number of carbonyl (C=O) groups is 1. The van der Waals surface area contributed by atoms with E-state index in [0.717, 1.165) is 5.56 Å². The highest BCUT2D eigenvalue weighted by Gasteiger charge is 2.17. The molecule has 0 atom stereocenters. The molecule has 18 heavy (non-hydrogen) atoms. The van der Waals surface area contributed by atoms with Gasteiger partial charge in [-0.1, -0.05) is 23.7 Å². The quantitative estimate of drug-likeness (QED) is 0.887. The van der Waals surface area contributed by atoms with E-state index < -0.39 is 11.7 Å². The van der Waals surface area contributed by atoms with Crippen molar-refractivity contribution in [2.75, 3.05) is 0 Å². The number of halogens is 1. The molecule has 0 bridgehead atoms. The predicted molar refractivity (Wildman–Crippen MR) is 67.3 cm³/mol. The van der Waals surface area contributed by atoms with Crippen molar-refractivity contribution in [2.45, 2.75) is 6.42 Å². The maximum Gasteiger partial charge on any atom is 0.354 e. The Bertz CT molecular complexity index is 640. The number of carboxylic acids is 1. The van der Waals surface area contributed by atoms with Crippen LogP contribution >= 0.6 is 11.6 Å². The number of rotatable bonds is 3. The number of benzene rings is 1. The zero-order valence-electron chi connectivity index (χ0n) is 9.61. The van der Waals surface area contributed by atoms with Crippen LogP contribution in [0.3, 0.4) is 0 Å². The average molecular weight is 267 g/mol. The fourth-order valence-electron chi connectivity index (χ4n) is 1.73. The molecule has 6 heteroatoms. The summed E-state index contributed by atoms with van der Waals surface area (Å²) < 4.78 is 1.30. The Kier molecular flexibility index (Phi) is 3.25. The fraction of sp³-hybridized carbons (Fsp3) is 0.167. The third-order valence-corrected chi connectivity index (χ3v) is 2.98. The molecule has 1 heterocycles. The van der Waals surface area contributed by atoms with Crippen molar-refractivity contribution < 1.29 is 9.90 Å². The summed E-state index contributed by atoms with van der Waals surface area (Å²) in [5, 5.41) is 9.63. The van der Waals surface area contributed by atoms with E-state index in [-0.39, 0.29) is 5.69 Å². The van der Waals surface area contributed by atoms with E-state index in [2.05, 4.69) is 4.98 Å². The lowest BCUT2D eigenvalue weighted by atomic mass is 10.1. The Balaban J connectivity index is 2.42. The predicted octanol–water partition coefficient (Wildman–Crippen LogP) is 1.66. The molecule has 1 aromatic heterocycles. The highest BCUT2D eigenvalue weighted by atomic mass is 35.5. The van der Waals surface area contributed by atoms with Gasteiger partial charge in [0.15, 0.2) is 0 Å². The number of hydrogen-bond donors (Lipinski definition) is 2. The lowest BCUT2D eigenvalue weighted by Crippen LogP contribution is -2.14. The van der Waals surface area contributed by atoms with Crippen LogP contribution in [0.25, 0.3) is 0 Å². The fourth-order valence-corrected chi connectivity index (χ4v) is 1.86. The van der Waals surface area contributed by atoms with Gasteiger partial charge >= 0.3 is 11.7 Å². The van der Waals surface area contributed by atoms with Crippen LogP contribution in [-0.2, 0) is 13.5 Å². The van der Waals surface area contributed by atoms with Crippen LogP contribution in [0.4, 0.5) is 0 Å². The third-order valence-electron chi connectivity index (χ3n) is 2.73. The van der Waals surface area contributed by atoms with E-state index >= 15 is 0 Å². The minimum atomic E-state index is -1.14. The standard InChI is InChI=1S/C12H11ClN2O3/c1-15-9(10(11(16)17)14-12(15)18)6-7-2-4-8(13)5-3-7/h2-5H,6H2,1H3,(H,14,18)(H,16,17). The first-order valence-corrected chi connectivity index (χ1v) is 5.62. The maximum atomic E-state index is 11.4. The van der Waals surface area contributed by atoms with Gasteiger partial charge in [0.1, 0.15) is 5.69 Å². The molecule has 0 fully saturated rings. The van der Waals surface area contributed by atoms with Crippen LogP contribution in [0, 0.1) is 0 Å². The number of nitrogens with one attached hydrogen (secondary N) is 1. The van der Waals surface area contributed by atoms with Crippen LogP contribution < -0.4 is 5.69 Å². The molecule has 0 saturated carbocycles. The summed E-state index contributed by atoms with van der Waals surface area (Å²) in [4.78, 5) is 24.8. The first-order valence-electron chi connectivity index (χ1n) is 5.24. The van der Waals surface area contributed by atoms with Gasteiger partial charge in [-0.2, -0.15) is 0 Å². The van der Waals surface area contributed by atoms with Crippen molar-refractivity contribution in [3.63, 3.8) is 0 Å². The lowest BCUT2D eigenvalue weighted by molar-refractivity contribution is 0.0689. The summed E-state index contributed by atoms with van der Waals surface area (Å²) in [5.74, 6) is -1.14. The number of carboxylic acid groups (broad SMARTS) is 1. The summed E-state index contributed by atoms with van der Waals surface area (Å²) in [6, 6.07) is 7.04. The Labute approximate surface area is 108 Å². The highest BCUT2D eigenvalue weighted by molar-refractivity contribution is 6.30. The number of aromatic nitrogens is 2. The molecule has 2 rings (SSSR count). The second-order valence-electron chi connectivity index (χ2n) is 3.92. The van der Waals surface area contributed by atoms with E-state index in [1.54, 1.807) is 24.3 Å². The van der Waals surface area contributed by atoms with Gasteiger partial charge < -0.3 is 5.11 Å². The largest absolute Gasteiger partial charge is 0.477 e. The van der Waals surface area contributed by atoms with Gasteiger partial charge in [0, 0.05) is 18.5 Å². The van der Waals surface area contributed by atoms with Crippen LogP contribution in [0.1, 0.15) is 21.7 Å². The van der Waals surface area contributed by atoms with E-state index in [1.165, 1.54) is 11.6 Å². The molecule has 0 amide bonds. The van der Waals surface area contributed by atoms with Crippen molar-refractivity contribution >= 4 is 17.6 Å². The summed E-state index contributed by atoms with van der Waals surface area (Å²) in [5.41, 5.74) is 0.820. The van der Waals surface area contributed by atoms with Crippen molar-refractivity contribution in [3.8, 4) is 0 Å². The van der Waals surface area contributed by atoms with E-state index in [1.807, 2.05) is 0 Å². The SMILES string of the molecule is Cn1c(Cc2ccc(Cl)cc2)c(C(=O)O)[nH]c1=O. The number of imidazole rings is 1. The summed E-state index contributed by atoms with van der Waals surface area (Å²) in [6.45, 7) is 0. The highest BCUT2D eigenvalue weighted by Crippen LogP contribution is 2.14. The molecular formula is C12H11ClN2O3. The second kappa shape index (κ2) is 4.70.